The van der Waals surface area contributed by atoms with Gasteiger partial charge >= 0.3 is 0 Å². The van der Waals surface area contributed by atoms with Crippen LogP contribution in [0.15, 0.2) is 6.07 Å². The van der Waals surface area contributed by atoms with Crippen LogP contribution in [0.3, 0.4) is 0 Å². The molecule has 0 aliphatic carbocycles. The second-order valence-corrected chi connectivity index (χ2v) is 5.52. The molecule has 0 bridgehead atoms. The van der Waals surface area contributed by atoms with Gasteiger partial charge in [-0.05, 0) is 18.6 Å². The maximum absolute atomic E-state index is 11.6. The third-order valence-corrected chi connectivity index (χ3v) is 4.17. The number of methoxy groups -OCH3 is 1. The average Bonchev–Trinajstić information content (AvgIpc) is 2.87. The molecule has 0 fully saturated rings. The van der Waals surface area contributed by atoms with E-state index in [1.807, 2.05) is 6.07 Å². The minimum Gasteiger partial charge on any atom is -0.492 e. The number of Topliss-reactive ketones (excluding diaryl/α,β-unsaturated/α-hetero) is 1. The SMILES string of the molecule is COc1c2c(cc3c1[C@@H](CC(C)=O)[NH+](C)CC3)OCO2. The summed E-state index contributed by atoms with van der Waals surface area (Å²) in [7, 11) is 3.77. The largest absolute Gasteiger partial charge is 0.492 e. The molecule has 1 N–H and O–H groups in total. The lowest BCUT2D eigenvalue weighted by Gasteiger charge is -2.32. The Morgan fingerprint density at radius 2 is 2.30 bits per heavy atom. The molecule has 0 radical (unpaired) electrons. The average molecular weight is 278 g/mol. The Morgan fingerprint density at radius 3 is 3.00 bits per heavy atom. The molecule has 1 unspecified atom stereocenters. The minimum atomic E-state index is 0.126. The van der Waals surface area contributed by atoms with Crippen molar-refractivity contribution in [3.8, 4) is 17.2 Å². The highest BCUT2D eigenvalue weighted by Gasteiger charge is 2.36. The van der Waals surface area contributed by atoms with Crippen molar-refractivity contribution in [1.82, 2.24) is 0 Å². The van der Waals surface area contributed by atoms with Crippen molar-refractivity contribution >= 4 is 5.78 Å². The number of carbonyl (C=O) groups excluding carboxylic acids is 1. The monoisotopic (exact) mass is 278 g/mol. The topological polar surface area (TPSA) is 49.2 Å². The van der Waals surface area contributed by atoms with E-state index < -0.39 is 0 Å². The van der Waals surface area contributed by atoms with E-state index in [0.717, 1.165) is 30.0 Å². The Morgan fingerprint density at radius 1 is 1.50 bits per heavy atom. The van der Waals surface area contributed by atoms with Gasteiger partial charge in [0.25, 0.3) is 0 Å². The van der Waals surface area contributed by atoms with Crippen LogP contribution >= 0.6 is 0 Å². The van der Waals surface area contributed by atoms with Gasteiger partial charge in [-0.15, -0.1) is 0 Å². The van der Waals surface area contributed by atoms with E-state index in [9.17, 15) is 4.79 Å². The maximum atomic E-state index is 11.6. The molecule has 108 valence electrons. The van der Waals surface area contributed by atoms with Crippen LogP contribution in [-0.2, 0) is 11.2 Å². The van der Waals surface area contributed by atoms with E-state index in [2.05, 4.69) is 7.05 Å². The summed E-state index contributed by atoms with van der Waals surface area (Å²) in [4.78, 5) is 12.9. The molecular formula is C15H20NO4+. The van der Waals surface area contributed by atoms with Crippen LogP contribution in [0.4, 0.5) is 0 Å². The highest BCUT2D eigenvalue weighted by molar-refractivity contribution is 5.76. The lowest BCUT2D eigenvalue weighted by molar-refractivity contribution is -0.914. The van der Waals surface area contributed by atoms with Crippen molar-refractivity contribution in [1.29, 1.82) is 0 Å². The van der Waals surface area contributed by atoms with Crippen LogP contribution in [0.5, 0.6) is 17.2 Å². The number of carbonyl (C=O) groups is 1. The number of ketones is 1. The molecule has 2 heterocycles. The first-order valence-corrected chi connectivity index (χ1v) is 6.93. The molecule has 1 aromatic rings. The first-order chi connectivity index (χ1) is 9.61. The Hall–Kier alpha value is -1.75. The summed E-state index contributed by atoms with van der Waals surface area (Å²) in [6, 6.07) is 2.17. The van der Waals surface area contributed by atoms with Gasteiger partial charge in [-0.1, -0.05) is 0 Å². The molecule has 5 nitrogen and oxygen atoms in total. The highest BCUT2D eigenvalue weighted by atomic mass is 16.7. The van der Waals surface area contributed by atoms with Crippen molar-refractivity contribution in [2.45, 2.75) is 25.8 Å². The van der Waals surface area contributed by atoms with Crippen LogP contribution in [0.1, 0.15) is 30.5 Å². The predicted molar refractivity (Wildman–Crippen MR) is 72.6 cm³/mol. The number of nitrogens with one attached hydrogen (secondary N) is 1. The van der Waals surface area contributed by atoms with Gasteiger partial charge in [0.1, 0.15) is 11.8 Å². The van der Waals surface area contributed by atoms with E-state index in [1.54, 1.807) is 14.0 Å². The number of rotatable bonds is 3. The summed E-state index contributed by atoms with van der Waals surface area (Å²) in [5, 5.41) is 0. The zero-order valence-corrected chi connectivity index (χ0v) is 12.1. The molecule has 1 aromatic carbocycles. The molecule has 0 spiro atoms. The number of hydrogen-bond acceptors (Lipinski definition) is 4. The maximum Gasteiger partial charge on any atom is 0.231 e. The fourth-order valence-corrected chi connectivity index (χ4v) is 3.19. The standard InChI is InChI=1S/C15H19NO4/c1-9(17)6-11-13-10(4-5-16(11)2)7-12-14(15(13)18-3)20-8-19-12/h7,11H,4-6,8H2,1-3H3/p+1/t11-/m1/s1. The molecule has 2 atom stereocenters. The number of quaternary nitrogens is 1. The molecule has 2 aliphatic heterocycles. The van der Waals surface area contributed by atoms with Crippen molar-refractivity contribution < 1.29 is 23.9 Å². The summed E-state index contributed by atoms with van der Waals surface area (Å²) < 4.78 is 16.6. The molecule has 0 amide bonds. The van der Waals surface area contributed by atoms with Gasteiger partial charge in [0, 0.05) is 6.42 Å². The summed E-state index contributed by atoms with van der Waals surface area (Å²) >= 11 is 0. The molecule has 5 heteroatoms. The molecule has 3 rings (SSSR count). The van der Waals surface area contributed by atoms with Gasteiger partial charge in [0.15, 0.2) is 11.5 Å². The fourth-order valence-electron chi connectivity index (χ4n) is 3.19. The molecule has 0 saturated heterocycles. The fraction of sp³-hybridized carbons (Fsp3) is 0.533. The molecule has 20 heavy (non-hydrogen) atoms. The van der Waals surface area contributed by atoms with E-state index in [1.165, 1.54) is 10.5 Å². The lowest BCUT2D eigenvalue weighted by Crippen LogP contribution is -3.10. The second kappa shape index (κ2) is 4.98. The Bertz CT molecular complexity index is 555. The smallest absolute Gasteiger partial charge is 0.231 e. The van der Waals surface area contributed by atoms with Crippen LogP contribution in [0, 0.1) is 0 Å². The summed E-state index contributed by atoms with van der Waals surface area (Å²) in [6.45, 7) is 2.88. The van der Waals surface area contributed by atoms with Gasteiger partial charge in [-0.2, -0.15) is 0 Å². The first kappa shape index (κ1) is 13.2. The predicted octanol–water partition coefficient (Wildman–Crippen LogP) is 0.515. The summed E-state index contributed by atoms with van der Waals surface area (Å²) in [5.74, 6) is 2.36. The minimum absolute atomic E-state index is 0.126. The normalized spacial score (nSPS) is 23.4. The summed E-state index contributed by atoms with van der Waals surface area (Å²) in [5.41, 5.74) is 2.32. The third-order valence-electron chi connectivity index (χ3n) is 4.17. The van der Waals surface area contributed by atoms with E-state index >= 15 is 0 Å². The number of benzene rings is 1. The number of likely N-dealkylation sites (N-methyl/N-ethyl adjacent to an activating group) is 1. The molecular weight excluding hydrogens is 258 g/mol. The van der Waals surface area contributed by atoms with E-state index in [0.29, 0.717) is 12.2 Å². The van der Waals surface area contributed by atoms with Gasteiger partial charge in [-0.25, -0.2) is 0 Å². The highest BCUT2D eigenvalue weighted by Crippen LogP contribution is 2.47. The third kappa shape index (κ3) is 2.02. The second-order valence-electron chi connectivity index (χ2n) is 5.52. The van der Waals surface area contributed by atoms with E-state index in [4.69, 9.17) is 14.2 Å². The molecule has 0 aromatic heterocycles. The van der Waals surface area contributed by atoms with Gasteiger partial charge in [-0.3, -0.25) is 4.79 Å². The number of ether oxygens (including phenoxy) is 3. The van der Waals surface area contributed by atoms with Gasteiger partial charge in [0.2, 0.25) is 12.5 Å². The summed E-state index contributed by atoms with van der Waals surface area (Å²) in [6.07, 6.45) is 1.48. The number of hydrogen-bond donors (Lipinski definition) is 1. The number of fused-ring (bicyclic) bond motifs is 2. The van der Waals surface area contributed by atoms with Crippen molar-refractivity contribution in [3.05, 3.63) is 17.2 Å². The lowest BCUT2D eigenvalue weighted by atomic mass is 9.88. The van der Waals surface area contributed by atoms with Gasteiger partial charge < -0.3 is 19.1 Å². The zero-order chi connectivity index (χ0) is 14.3. The van der Waals surface area contributed by atoms with Crippen LogP contribution in [-0.4, -0.2) is 33.3 Å². The molecule has 2 aliphatic rings. The van der Waals surface area contributed by atoms with Crippen LogP contribution in [0.25, 0.3) is 0 Å². The van der Waals surface area contributed by atoms with Crippen molar-refractivity contribution in [2.75, 3.05) is 27.5 Å². The van der Waals surface area contributed by atoms with Crippen molar-refractivity contribution in [2.24, 2.45) is 0 Å². The first-order valence-electron chi connectivity index (χ1n) is 6.93. The van der Waals surface area contributed by atoms with Crippen molar-refractivity contribution in [3.63, 3.8) is 0 Å². The quantitative estimate of drug-likeness (QED) is 0.875. The van der Waals surface area contributed by atoms with E-state index in [-0.39, 0.29) is 18.6 Å². The zero-order valence-electron chi connectivity index (χ0n) is 12.1. The van der Waals surface area contributed by atoms with Crippen LogP contribution < -0.4 is 19.1 Å². The van der Waals surface area contributed by atoms with Crippen LogP contribution in [0.2, 0.25) is 0 Å². The Labute approximate surface area is 118 Å². The van der Waals surface area contributed by atoms with Gasteiger partial charge in [0.05, 0.1) is 32.7 Å². The molecule has 0 saturated carbocycles. The Kier molecular flexibility index (Phi) is 3.30. The Balaban J connectivity index is 2.14.